The first kappa shape index (κ1) is 17.5. The lowest BCUT2D eigenvalue weighted by atomic mass is 10.2. The van der Waals surface area contributed by atoms with E-state index in [-0.39, 0.29) is 18.4 Å². The molecule has 2 aromatic carbocycles. The van der Waals surface area contributed by atoms with Crippen LogP contribution in [0.5, 0.6) is 0 Å². The van der Waals surface area contributed by atoms with Gasteiger partial charge in [-0.3, -0.25) is 9.59 Å². The lowest BCUT2D eigenvalue weighted by molar-refractivity contribution is -0.120. The highest BCUT2D eigenvalue weighted by Crippen LogP contribution is 2.20. The summed E-state index contributed by atoms with van der Waals surface area (Å²) < 4.78 is 0. The minimum absolute atomic E-state index is 0.0232. The van der Waals surface area contributed by atoms with Crippen molar-refractivity contribution in [3.05, 3.63) is 54.1 Å². The SMILES string of the molecule is CC(=O)N(CC(=O)Nc1cccc(C)c1)c1ccc(N(C)C)cc1. The maximum atomic E-state index is 12.3. The molecule has 5 heteroatoms. The summed E-state index contributed by atoms with van der Waals surface area (Å²) >= 11 is 0. The van der Waals surface area contributed by atoms with Crippen molar-refractivity contribution in [2.24, 2.45) is 0 Å². The van der Waals surface area contributed by atoms with Gasteiger partial charge in [-0.25, -0.2) is 0 Å². The van der Waals surface area contributed by atoms with Crippen molar-refractivity contribution in [3.8, 4) is 0 Å². The Morgan fingerprint density at radius 2 is 1.62 bits per heavy atom. The molecule has 0 atom stereocenters. The number of carbonyl (C=O) groups excluding carboxylic acids is 2. The second kappa shape index (κ2) is 7.64. The van der Waals surface area contributed by atoms with Gasteiger partial charge in [-0.15, -0.1) is 0 Å². The lowest BCUT2D eigenvalue weighted by Crippen LogP contribution is -2.36. The molecule has 2 rings (SSSR count). The van der Waals surface area contributed by atoms with Crippen LogP contribution in [0.15, 0.2) is 48.5 Å². The second-order valence-corrected chi connectivity index (χ2v) is 5.93. The van der Waals surface area contributed by atoms with Crippen molar-refractivity contribution in [1.82, 2.24) is 0 Å². The fourth-order valence-corrected chi connectivity index (χ4v) is 2.38. The molecule has 5 nitrogen and oxygen atoms in total. The molecule has 0 spiro atoms. The Hall–Kier alpha value is -2.82. The molecule has 0 saturated carbocycles. The third kappa shape index (κ3) is 4.59. The minimum Gasteiger partial charge on any atom is -0.378 e. The molecule has 1 N–H and O–H groups in total. The minimum atomic E-state index is -0.229. The molecule has 0 fully saturated rings. The molecular formula is C19H23N3O2. The molecule has 0 unspecified atom stereocenters. The zero-order valence-electron chi connectivity index (χ0n) is 14.5. The van der Waals surface area contributed by atoms with Gasteiger partial charge in [0.2, 0.25) is 11.8 Å². The largest absolute Gasteiger partial charge is 0.378 e. The third-order valence-corrected chi connectivity index (χ3v) is 3.66. The first-order valence-corrected chi connectivity index (χ1v) is 7.79. The highest BCUT2D eigenvalue weighted by Gasteiger charge is 2.16. The van der Waals surface area contributed by atoms with Crippen LogP contribution in [-0.2, 0) is 9.59 Å². The zero-order valence-corrected chi connectivity index (χ0v) is 14.5. The summed E-state index contributed by atoms with van der Waals surface area (Å²) in [5, 5.41) is 2.83. The molecule has 0 aliphatic heterocycles. The fraction of sp³-hybridized carbons (Fsp3) is 0.263. The van der Waals surface area contributed by atoms with E-state index >= 15 is 0 Å². The number of hydrogen-bond donors (Lipinski definition) is 1. The average molecular weight is 325 g/mol. The number of carbonyl (C=O) groups is 2. The van der Waals surface area contributed by atoms with Crippen LogP contribution in [0, 0.1) is 6.92 Å². The van der Waals surface area contributed by atoms with Crippen molar-refractivity contribution in [1.29, 1.82) is 0 Å². The van der Waals surface area contributed by atoms with E-state index in [9.17, 15) is 9.59 Å². The Balaban J connectivity index is 2.10. The van der Waals surface area contributed by atoms with E-state index < -0.39 is 0 Å². The van der Waals surface area contributed by atoms with Gasteiger partial charge in [-0.2, -0.15) is 0 Å². The van der Waals surface area contributed by atoms with Crippen molar-refractivity contribution in [3.63, 3.8) is 0 Å². The zero-order chi connectivity index (χ0) is 17.7. The predicted octanol–water partition coefficient (Wildman–Crippen LogP) is 3.05. The van der Waals surface area contributed by atoms with E-state index in [2.05, 4.69) is 5.32 Å². The van der Waals surface area contributed by atoms with Crippen LogP contribution in [0.1, 0.15) is 12.5 Å². The first-order chi connectivity index (χ1) is 11.4. The van der Waals surface area contributed by atoms with Gasteiger partial charge in [0.1, 0.15) is 6.54 Å². The number of nitrogens with one attached hydrogen (secondary N) is 1. The molecule has 2 aromatic rings. The Kier molecular flexibility index (Phi) is 5.58. The van der Waals surface area contributed by atoms with Crippen LogP contribution in [0.3, 0.4) is 0 Å². The van der Waals surface area contributed by atoms with E-state index in [0.29, 0.717) is 5.69 Å². The molecule has 24 heavy (non-hydrogen) atoms. The van der Waals surface area contributed by atoms with Gasteiger partial charge in [0, 0.05) is 38.1 Å². The molecule has 0 aliphatic rings. The number of benzene rings is 2. The van der Waals surface area contributed by atoms with Gasteiger partial charge in [-0.05, 0) is 48.9 Å². The number of anilines is 3. The summed E-state index contributed by atoms with van der Waals surface area (Å²) in [5.41, 5.74) is 3.53. The fourth-order valence-electron chi connectivity index (χ4n) is 2.38. The standard InChI is InChI=1S/C19H23N3O2/c1-14-6-5-7-16(12-14)20-19(24)13-22(15(2)23)18-10-8-17(9-11-18)21(3)4/h5-12H,13H2,1-4H3,(H,20,24). The number of rotatable bonds is 5. The molecule has 2 amide bonds. The van der Waals surface area contributed by atoms with Crippen molar-refractivity contribution < 1.29 is 9.59 Å². The number of hydrogen-bond acceptors (Lipinski definition) is 3. The number of aryl methyl sites for hydroxylation is 1. The van der Waals surface area contributed by atoms with Crippen LogP contribution in [0.2, 0.25) is 0 Å². The average Bonchev–Trinajstić information content (AvgIpc) is 2.52. The van der Waals surface area contributed by atoms with Crippen molar-refractivity contribution >= 4 is 28.9 Å². The summed E-state index contributed by atoms with van der Waals surface area (Å²) in [5.74, 6) is -0.403. The topological polar surface area (TPSA) is 52.7 Å². The molecule has 126 valence electrons. The smallest absolute Gasteiger partial charge is 0.244 e. The van der Waals surface area contributed by atoms with Gasteiger partial charge < -0.3 is 15.1 Å². The van der Waals surface area contributed by atoms with E-state index in [1.54, 1.807) is 0 Å². The van der Waals surface area contributed by atoms with Gasteiger partial charge >= 0.3 is 0 Å². The van der Waals surface area contributed by atoms with E-state index in [4.69, 9.17) is 0 Å². The Bertz CT molecular complexity index is 724. The molecule has 0 aliphatic carbocycles. The van der Waals surface area contributed by atoms with Gasteiger partial charge in [-0.1, -0.05) is 12.1 Å². The second-order valence-electron chi connectivity index (χ2n) is 5.93. The summed E-state index contributed by atoms with van der Waals surface area (Å²) in [6.07, 6.45) is 0. The number of nitrogens with zero attached hydrogens (tertiary/aromatic N) is 2. The van der Waals surface area contributed by atoms with Gasteiger partial charge in [0.15, 0.2) is 0 Å². The van der Waals surface area contributed by atoms with Crippen LogP contribution >= 0.6 is 0 Å². The molecule has 0 bridgehead atoms. The first-order valence-electron chi connectivity index (χ1n) is 7.79. The third-order valence-electron chi connectivity index (χ3n) is 3.66. The van der Waals surface area contributed by atoms with Crippen LogP contribution in [0.25, 0.3) is 0 Å². The van der Waals surface area contributed by atoms with E-state index in [1.165, 1.54) is 11.8 Å². The molecule has 0 saturated heterocycles. The Morgan fingerprint density at radius 3 is 2.17 bits per heavy atom. The Morgan fingerprint density at radius 1 is 1.00 bits per heavy atom. The lowest BCUT2D eigenvalue weighted by Gasteiger charge is -2.22. The van der Waals surface area contributed by atoms with Crippen LogP contribution in [0.4, 0.5) is 17.1 Å². The van der Waals surface area contributed by atoms with Crippen molar-refractivity contribution in [2.75, 3.05) is 35.8 Å². The van der Waals surface area contributed by atoms with E-state index in [1.807, 2.05) is 74.4 Å². The van der Waals surface area contributed by atoms with Crippen LogP contribution in [-0.4, -0.2) is 32.5 Å². The Labute approximate surface area is 142 Å². The molecular weight excluding hydrogens is 302 g/mol. The molecule has 0 aromatic heterocycles. The quantitative estimate of drug-likeness (QED) is 0.919. The summed E-state index contributed by atoms with van der Waals surface area (Å²) in [4.78, 5) is 27.7. The normalized spacial score (nSPS) is 10.2. The maximum Gasteiger partial charge on any atom is 0.244 e. The van der Waals surface area contributed by atoms with Crippen molar-refractivity contribution in [2.45, 2.75) is 13.8 Å². The van der Waals surface area contributed by atoms with Gasteiger partial charge in [0.25, 0.3) is 0 Å². The summed E-state index contributed by atoms with van der Waals surface area (Å²) in [6, 6.07) is 15.1. The number of amides is 2. The van der Waals surface area contributed by atoms with Gasteiger partial charge in [0.05, 0.1) is 0 Å². The van der Waals surface area contributed by atoms with Crippen LogP contribution < -0.4 is 15.1 Å². The summed E-state index contributed by atoms with van der Waals surface area (Å²) in [7, 11) is 3.90. The molecule has 0 radical (unpaired) electrons. The monoisotopic (exact) mass is 325 g/mol. The highest BCUT2D eigenvalue weighted by molar-refractivity contribution is 6.01. The van der Waals surface area contributed by atoms with E-state index in [0.717, 1.165) is 16.9 Å². The predicted molar refractivity (Wildman–Crippen MR) is 98.6 cm³/mol. The maximum absolute atomic E-state index is 12.3. The highest BCUT2D eigenvalue weighted by atomic mass is 16.2. The summed E-state index contributed by atoms with van der Waals surface area (Å²) in [6.45, 7) is 3.40. The molecule has 0 heterocycles.